The van der Waals surface area contributed by atoms with Crippen molar-refractivity contribution in [1.82, 2.24) is 0 Å². The molecule has 1 rings (SSSR count). The van der Waals surface area contributed by atoms with Gasteiger partial charge in [-0.25, -0.2) is 20.4 Å². The van der Waals surface area contributed by atoms with E-state index in [9.17, 15) is 0 Å². The maximum Gasteiger partial charge on any atom is 0 e. The van der Waals surface area contributed by atoms with Gasteiger partial charge in [-0.05, 0) is 0 Å². The monoisotopic (exact) mass is 731 g/mol. The number of halogens is 1. The van der Waals surface area contributed by atoms with Crippen molar-refractivity contribution in [2.24, 2.45) is 0 Å². The van der Waals surface area contributed by atoms with Crippen LogP contribution in [-0.2, 0) is 196 Å². The molecule has 0 spiro atoms. The second kappa shape index (κ2) is 21.1. The van der Waals surface area contributed by atoms with Gasteiger partial charge in [0.15, 0.2) is 0 Å². The minimum atomic E-state index is 0. The first-order chi connectivity index (χ1) is 4.61. The summed E-state index contributed by atoms with van der Waals surface area (Å²) >= 11 is 3.34. The average Bonchev–Trinajstić information content (AvgIpc) is 1.82. The summed E-state index contributed by atoms with van der Waals surface area (Å²) in [4.78, 5) is 0. The van der Waals surface area contributed by atoms with Gasteiger partial charge in [0.05, 0.1) is 0 Å². The third-order valence-electron chi connectivity index (χ3n) is 1.27. The molecular weight excluding hydrogens is 725 g/mol. The third kappa shape index (κ3) is 15.0. The summed E-state index contributed by atoms with van der Waals surface area (Å²) in [7, 11) is 0. The molecule has 0 aliphatic rings. The quantitative estimate of drug-likeness (QED) is 0.407. The third-order valence-corrected chi connectivity index (χ3v) is 2.46. The fourth-order valence-electron chi connectivity index (χ4n) is 0.777. The van der Waals surface area contributed by atoms with Crippen molar-refractivity contribution in [3.05, 3.63) is 27.7 Å². The Morgan fingerprint density at radius 1 is 0.812 bits per heavy atom. The molecule has 1 aromatic rings. The molecule has 72 valence electrons. The Bertz CT molecular complexity index is 248. The van der Waals surface area contributed by atoms with Crippen LogP contribution in [0.15, 0.2) is 4.47 Å². The Labute approximate surface area is 257 Å². The van der Waals surface area contributed by atoms with Crippen molar-refractivity contribution in [3.8, 4) is 5.75 Å². The van der Waals surface area contributed by atoms with E-state index in [1.165, 1.54) is 0 Å². The van der Waals surface area contributed by atoms with E-state index in [-0.39, 0.29) is 202 Å². The largest absolute Gasteiger partial charge is 0.559 e. The Kier molecular flexibility index (Phi) is 50.1. The van der Waals surface area contributed by atoms with Gasteiger partial charge in [-0.1, -0.05) is 13.8 Å². The summed E-state index contributed by atoms with van der Waals surface area (Å²) in [6, 6.07) is 5.46. The smallest absolute Gasteiger partial charge is 0 e. The maximum atomic E-state index is 8.99. The molecule has 6 radical (unpaired) electrons. The van der Waals surface area contributed by atoms with Gasteiger partial charge in [0.2, 0.25) is 0 Å². The van der Waals surface area contributed by atoms with Gasteiger partial charge in [-0.15, -0.1) is 5.75 Å². The van der Waals surface area contributed by atoms with Crippen LogP contribution in [0.5, 0.6) is 5.75 Å². The molecule has 1 N–H and O–H groups in total. The summed E-state index contributed by atoms with van der Waals surface area (Å²) in [6.07, 6.45) is 0. The molecule has 8 heteroatoms. The molecule has 0 aliphatic heterocycles. The van der Waals surface area contributed by atoms with E-state index in [2.05, 4.69) is 28.1 Å². The Morgan fingerprint density at radius 3 is 1.31 bits per heavy atom. The van der Waals surface area contributed by atoms with Crippen LogP contribution in [-0.4, -0.2) is 5.11 Å². The fourth-order valence-corrected chi connectivity index (χ4v) is 0.976. The van der Waals surface area contributed by atoms with Crippen LogP contribution < -0.4 is 0 Å². The first-order valence-electron chi connectivity index (χ1n) is 2.91. The molecule has 0 saturated carbocycles. The van der Waals surface area contributed by atoms with Gasteiger partial charge in [-0.3, -0.25) is 11.1 Å². The zero-order valence-electron chi connectivity index (χ0n) is 9.29. The molecular formula is C8H7BrOY6-2. The van der Waals surface area contributed by atoms with Crippen LogP contribution in [0, 0.1) is 26.0 Å². The SMILES string of the molecule is Cc1[c-]c(O)[c-]c(C)c1Br.[Y].[Y].[Y].[Y].[Y].[Y]. The molecule has 1 nitrogen and oxygen atoms in total. The number of aryl methyl sites for hydroxylation is 2. The Morgan fingerprint density at radius 2 is 1.06 bits per heavy atom. The van der Waals surface area contributed by atoms with Crippen LogP contribution in [0.4, 0.5) is 0 Å². The molecule has 0 heterocycles. The van der Waals surface area contributed by atoms with Gasteiger partial charge >= 0.3 is 0 Å². The van der Waals surface area contributed by atoms with Gasteiger partial charge in [-0.2, -0.15) is 0 Å². The zero-order valence-corrected chi connectivity index (χ0v) is 27.9. The molecule has 1 aromatic carbocycles. The van der Waals surface area contributed by atoms with Crippen LogP contribution in [0.2, 0.25) is 0 Å². The van der Waals surface area contributed by atoms with E-state index in [4.69, 9.17) is 5.11 Å². The Hall–Kier alpha value is 6.12. The van der Waals surface area contributed by atoms with Gasteiger partial charge in [0.1, 0.15) is 0 Å². The molecule has 0 atom stereocenters. The molecule has 0 unspecified atom stereocenters. The van der Waals surface area contributed by atoms with E-state index in [1.807, 2.05) is 13.8 Å². The van der Waals surface area contributed by atoms with E-state index in [0.29, 0.717) is 0 Å². The van der Waals surface area contributed by atoms with E-state index in [1.54, 1.807) is 0 Å². The Balaban J connectivity index is -0.0000000417. The average molecular weight is 732 g/mol. The summed E-state index contributed by atoms with van der Waals surface area (Å²) < 4.78 is 0.963. The van der Waals surface area contributed by atoms with Crippen molar-refractivity contribution < 1.29 is 201 Å². The van der Waals surface area contributed by atoms with Gasteiger partial charge in [0, 0.05) is 196 Å². The molecule has 0 amide bonds. The summed E-state index contributed by atoms with van der Waals surface area (Å²) in [5.41, 5.74) is 1.82. The standard InChI is InChI=1S/C8H7BrO.6Y/c1-5-3-7(10)4-6(2)8(5)9;;;;;;/h10H,1-2H3;;;;;;/q-2;;;;;;. The number of phenols is 1. The number of hydrogen-bond acceptors (Lipinski definition) is 1. The minimum absolute atomic E-state index is 0. The number of hydrogen-bond donors (Lipinski definition) is 1. The van der Waals surface area contributed by atoms with E-state index in [0.717, 1.165) is 15.6 Å². The molecule has 0 fully saturated rings. The fraction of sp³-hybridized carbons (Fsp3) is 0.250. The topological polar surface area (TPSA) is 20.2 Å². The number of phenolic OH excluding ortho intramolecular Hbond substituents is 1. The molecule has 0 aliphatic carbocycles. The predicted molar refractivity (Wildman–Crippen MR) is 43.0 cm³/mol. The summed E-state index contributed by atoms with van der Waals surface area (Å²) in [5.74, 6) is 0.0817. The van der Waals surface area contributed by atoms with E-state index < -0.39 is 0 Å². The van der Waals surface area contributed by atoms with E-state index >= 15 is 0 Å². The normalized spacial score (nSPS) is 6.19. The number of benzene rings is 1. The zero-order chi connectivity index (χ0) is 7.72. The second-order valence-electron chi connectivity index (χ2n) is 2.16. The van der Waals surface area contributed by atoms with Crippen LogP contribution in [0.25, 0.3) is 0 Å². The van der Waals surface area contributed by atoms with Crippen molar-refractivity contribution in [2.75, 3.05) is 0 Å². The van der Waals surface area contributed by atoms with Crippen LogP contribution in [0.3, 0.4) is 0 Å². The van der Waals surface area contributed by atoms with Crippen LogP contribution >= 0.6 is 15.9 Å². The van der Waals surface area contributed by atoms with Gasteiger partial charge < -0.3 is 17.2 Å². The first kappa shape index (κ1) is 38.0. The van der Waals surface area contributed by atoms with Crippen molar-refractivity contribution in [1.29, 1.82) is 0 Å². The van der Waals surface area contributed by atoms with Crippen molar-refractivity contribution in [2.45, 2.75) is 13.8 Å². The summed E-state index contributed by atoms with van der Waals surface area (Å²) in [5, 5.41) is 8.99. The minimum Gasteiger partial charge on any atom is -0.559 e. The molecule has 0 aromatic heterocycles. The first-order valence-corrected chi connectivity index (χ1v) is 3.71. The molecule has 0 saturated heterocycles. The van der Waals surface area contributed by atoms with Crippen LogP contribution in [0.1, 0.15) is 11.1 Å². The summed E-state index contributed by atoms with van der Waals surface area (Å²) in [6.45, 7) is 3.76. The molecule has 16 heavy (non-hydrogen) atoms. The maximum absolute atomic E-state index is 8.99. The predicted octanol–water partition coefficient (Wildman–Crippen LogP) is 2.36. The van der Waals surface area contributed by atoms with Gasteiger partial charge in [0.25, 0.3) is 0 Å². The number of rotatable bonds is 0. The number of aromatic hydroxyl groups is 1. The van der Waals surface area contributed by atoms with Crippen molar-refractivity contribution in [3.63, 3.8) is 0 Å². The van der Waals surface area contributed by atoms with Crippen molar-refractivity contribution >= 4 is 15.9 Å². The molecule has 0 bridgehead atoms. The second-order valence-corrected chi connectivity index (χ2v) is 2.96.